The smallest absolute Gasteiger partial charge is 0.356 e. The van der Waals surface area contributed by atoms with Crippen molar-refractivity contribution in [3.63, 3.8) is 0 Å². The Kier molecular flexibility index (Phi) is 6.58. The molecule has 0 radical (unpaired) electrons. The molecule has 4 rings (SSSR count). The van der Waals surface area contributed by atoms with Crippen LogP contribution in [0.25, 0.3) is 0 Å². The molecule has 1 spiro atoms. The number of alkyl halides is 3. The summed E-state index contributed by atoms with van der Waals surface area (Å²) in [6.45, 7) is 1.07. The third-order valence-electron chi connectivity index (χ3n) is 7.40. The molecular weight excluding hydrogens is 473 g/mol. The number of ketones is 1. The summed E-state index contributed by atoms with van der Waals surface area (Å²) >= 11 is 0. The summed E-state index contributed by atoms with van der Waals surface area (Å²) in [7, 11) is 0. The minimum absolute atomic E-state index is 0.192. The highest BCUT2D eigenvalue weighted by atomic mass is 19.4. The molecule has 0 aromatic rings. The number of Topliss-reactive ketones (excluding diaryl/α,β-unsaturated/α-hetero) is 1. The topological polar surface area (TPSA) is 134 Å². The van der Waals surface area contributed by atoms with E-state index >= 15 is 0 Å². The quantitative estimate of drug-likeness (QED) is 0.405. The zero-order valence-electron chi connectivity index (χ0n) is 19.3. The molecule has 35 heavy (non-hydrogen) atoms. The van der Waals surface area contributed by atoms with Crippen LogP contribution < -0.4 is 16.0 Å². The van der Waals surface area contributed by atoms with Crippen LogP contribution in [0.5, 0.6) is 0 Å². The number of hydrogen-bond donors (Lipinski definition) is 3. The number of nitrogens with one attached hydrogen (secondary N) is 3. The average molecular weight is 502 g/mol. The summed E-state index contributed by atoms with van der Waals surface area (Å²) in [5, 5.41) is 7.71. The van der Waals surface area contributed by atoms with Crippen LogP contribution in [0.15, 0.2) is 0 Å². The van der Waals surface area contributed by atoms with Gasteiger partial charge >= 0.3 is 18.2 Å². The van der Waals surface area contributed by atoms with Crippen molar-refractivity contribution in [1.82, 2.24) is 20.9 Å². The van der Waals surface area contributed by atoms with Gasteiger partial charge in [0, 0.05) is 24.5 Å². The fraction of sp³-hybridized carbons (Fsp3) is 0.773. The number of likely N-dealkylation sites (tertiary alicyclic amines) is 1. The van der Waals surface area contributed by atoms with Crippen LogP contribution in [0, 0.1) is 11.3 Å². The lowest BCUT2D eigenvalue weighted by atomic mass is 9.95. The lowest BCUT2D eigenvalue weighted by Crippen LogP contribution is -2.55. The van der Waals surface area contributed by atoms with Crippen molar-refractivity contribution in [3.8, 4) is 0 Å². The number of rotatable bonds is 8. The van der Waals surface area contributed by atoms with Crippen LogP contribution in [-0.4, -0.2) is 78.0 Å². The first kappa shape index (κ1) is 25.4. The first-order valence-corrected chi connectivity index (χ1v) is 11.7. The Morgan fingerprint density at radius 3 is 2.43 bits per heavy atom. The summed E-state index contributed by atoms with van der Waals surface area (Å²) in [5.74, 6) is -4.44. The number of halogens is 3. The molecular formula is C22H29F3N4O6. The number of nitrogens with zero attached hydrogens (tertiary/aromatic N) is 1. The van der Waals surface area contributed by atoms with Crippen LogP contribution in [0.3, 0.4) is 0 Å². The highest BCUT2D eigenvalue weighted by Crippen LogP contribution is 2.54. The van der Waals surface area contributed by atoms with Gasteiger partial charge in [-0.2, -0.15) is 0 Å². The third kappa shape index (κ3) is 6.11. The van der Waals surface area contributed by atoms with Crippen LogP contribution in [0.1, 0.15) is 51.9 Å². The number of ether oxygens (including phenoxy) is 1. The fourth-order valence-electron chi connectivity index (χ4n) is 4.76. The highest BCUT2D eigenvalue weighted by molar-refractivity contribution is 6.35. The molecule has 4 amide bonds. The van der Waals surface area contributed by atoms with Gasteiger partial charge in [0.1, 0.15) is 12.6 Å². The molecule has 0 bridgehead atoms. The maximum Gasteiger partial charge on any atom is 0.522 e. The van der Waals surface area contributed by atoms with E-state index in [-0.39, 0.29) is 24.3 Å². The van der Waals surface area contributed by atoms with Crippen molar-refractivity contribution < 1.29 is 41.9 Å². The van der Waals surface area contributed by atoms with E-state index in [4.69, 9.17) is 0 Å². The lowest BCUT2D eigenvalue weighted by Gasteiger charge is -2.27. The van der Waals surface area contributed by atoms with Crippen molar-refractivity contribution in [2.45, 2.75) is 75.9 Å². The summed E-state index contributed by atoms with van der Waals surface area (Å²) in [6, 6.07) is -2.45. The SMILES string of the molecule is CC1(NC(=O)C(=O)N2CC3(CC3)C[C@H]2C(=O)NC(C[C@@H]2CCNC2=O)C(=O)COC(F)(F)F)CC1. The molecule has 3 N–H and O–H groups in total. The molecule has 10 nitrogen and oxygen atoms in total. The van der Waals surface area contributed by atoms with Crippen molar-refractivity contribution >= 4 is 29.4 Å². The second-order valence-corrected chi connectivity index (χ2v) is 10.4. The van der Waals surface area contributed by atoms with E-state index in [1.54, 1.807) is 0 Å². The van der Waals surface area contributed by atoms with Crippen LogP contribution in [0.2, 0.25) is 0 Å². The van der Waals surface area contributed by atoms with Gasteiger partial charge < -0.3 is 20.9 Å². The Morgan fingerprint density at radius 2 is 1.89 bits per heavy atom. The van der Waals surface area contributed by atoms with Crippen molar-refractivity contribution in [2.75, 3.05) is 19.7 Å². The minimum atomic E-state index is -5.03. The normalized spacial score (nSPS) is 26.7. The molecule has 2 aliphatic carbocycles. The number of amides is 4. The van der Waals surface area contributed by atoms with Crippen molar-refractivity contribution in [2.24, 2.45) is 11.3 Å². The van der Waals surface area contributed by atoms with Crippen molar-refractivity contribution in [3.05, 3.63) is 0 Å². The van der Waals surface area contributed by atoms with E-state index in [1.807, 2.05) is 6.92 Å². The number of carbonyl (C=O) groups excluding carboxylic acids is 5. The highest BCUT2D eigenvalue weighted by Gasteiger charge is 2.56. The summed E-state index contributed by atoms with van der Waals surface area (Å²) in [6.07, 6.45) is -1.51. The number of hydrogen-bond acceptors (Lipinski definition) is 6. The molecule has 3 atom stereocenters. The van der Waals surface area contributed by atoms with E-state index < -0.39 is 60.0 Å². The fourth-order valence-corrected chi connectivity index (χ4v) is 4.76. The maximum absolute atomic E-state index is 13.2. The first-order valence-electron chi connectivity index (χ1n) is 11.7. The lowest BCUT2D eigenvalue weighted by molar-refractivity contribution is -0.321. The predicted molar refractivity (Wildman–Crippen MR) is 112 cm³/mol. The van der Waals surface area contributed by atoms with Gasteiger partial charge in [-0.25, -0.2) is 0 Å². The van der Waals surface area contributed by atoms with E-state index in [0.29, 0.717) is 19.4 Å². The van der Waals surface area contributed by atoms with Crippen LogP contribution in [0.4, 0.5) is 13.2 Å². The zero-order chi connectivity index (χ0) is 25.6. The van der Waals surface area contributed by atoms with Gasteiger partial charge in [0.25, 0.3) is 0 Å². The predicted octanol–water partition coefficient (Wildman–Crippen LogP) is 0.153. The average Bonchev–Trinajstić information content (AvgIpc) is 3.60. The Balaban J connectivity index is 1.46. The Morgan fingerprint density at radius 1 is 1.20 bits per heavy atom. The maximum atomic E-state index is 13.2. The van der Waals surface area contributed by atoms with Gasteiger partial charge in [-0.1, -0.05) is 0 Å². The summed E-state index contributed by atoms with van der Waals surface area (Å²) < 4.78 is 41.1. The van der Waals surface area contributed by atoms with E-state index in [2.05, 4.69) is 20.7 Å². The Bertz CT molecular complexity index is 931. The third-order valence-corrected chi connectivity index (χ3v) is 7.40. The molecule has 2 heterocycles. The summed E-state index contributed by atoms with van der Waals surface area (Å²) in [5.41, 5.74) is -0.703. The molecule has 1 unspecified atom stereocenters. The molecule has 194 valence electrons. The van der Waals surface area contributed by atoms with Gasteiger partial charge in [0.15, 0.2) is 5.78 Å². The molecule has 0 aromatic carbocycles. The molecule has 13 heteroatoms. The Labute approximate surface area is 199 Å². The first-order chi connectivity index (χ1) is 16.3. The molecule has 4 fully saturated rings. The zero-order valence-corrected chi connectivity index (χ0v) is 19.3. The second kappa shape index (κ2) is 9.07. The van der Waals surface area contributed by atoms with E-state index in [9.17, 15) is 37.1 Å². The standard InChI is InChI=1S/C22H29F3N4O6/c1-20(3-4-20)28-18(33)19(34)29-11-21(5-6-21)9-14(29)17(32)27-13(8-12-2-7-26-16(12)31)15(30)10-35-22(23,24)25/h12-14H,2-11H2,1H3,(H,26,31)(H,27,32)(H,28,33)/t12-,13?,14-/m0/s1. The minimum Gasteiger partial charge on any atom is -0.356 e. The van der Waals surface area contributed by atoms with Gasteiger partial charge in [-0.3, -0.25) is 28.7 Å². The largest absolute Gasteiger partial charge is 0.522 e. The Hall–Kier alpha value is -2.70. The molecule has 4 aliphatic rings. The van der Waals surface area contributed by atoms with E-state index in [1.165, 1.54) is 4.90 Å². The van der Waals surface area contributed by atoms with Gasteiger partial charge in [-0.15, -0.1) is 13.2 Å². The van der Waals surface area contributed by atoms with E-state index in [0.717, 1.165) is 25.7 Å². The van der Waals surface area contributed by atoms with Crippen LogP contribution >= 0.6 is 0 Å². The second-order valence-electron chi connectivity index (χ2n) is 10.4. The molecule has 2 saturated heterocycles. The van der Waals surface area contributed by atoms with Crippen molar-refractivity contribution in [1.29, 1.82) is 0 Å². The van der Waals surface area contributed by atoms with Gasteiger partial charge in [0.05, 0.1) is 6.04 Å². The molecule has 2 aliphatic heterocycles. The van der Waals surface area contributed by atoms with Gasteiger partial charge in [0.2, 0.25) is 11.8 Å². The monoisotopic (exact) mass is 502 g/mol. The van der Waals surface area contributed by atoms with Gasteiger partial charge in [-0.05, 0) is 57.3 Å². The van der Waals surface area contributed by atoms with Crippen LogP contribution in [-0.2, 0) is 28.7 Å². The molecule has 2 saturated carbocycles. The molecule has 0 aromatic heterocycles. The number of carbonyl (C=O) groups is 5. The summed E-state index contributed by atoms with van der Waals surface area (Å²) in [4.78, 5) is 64.3.